The molecule has 0 spiro atoms. The zero-order chi connectivity index (χ0) is 11.1. The monoisotopic (exact) mass is 210 g/mol. The predicted octanol–water partition coefficient (Wildman–Crippen LogP) is 1.52. The molecule has 1 unspecified atom stereocenters. The zero-order valence-electron chi connectivity index (χ0n) is 9.27. The first-order valence-electron chi connectivity index (χ1n) is 5.07. The molecular formula is C11H18N2O2. The van der Waals surface area contributed by atoms with Crippen LogP contribution in [0, 0.1) is 0 Å². The van der Waals surface area contributed by atoms with Gasteiger partial charge in [0.05, 0.1) is 6.61 Å². The van der Waals surface area contributed by atoms with Crippen LogP contribution in [-0.4, -0.2) is 25.3 Å². The van der Waals surface area contributed by atoms with Crippen LogP contribution >= 0.6 is 0 Å². The van der Waals surface area contributed by atoms with Gasteiger partial charge in [-0.15, -0.1) is 0 Å². The minimum Gasteiger partial charge on any atom is -0.478 e. The van der Waals surface area contributed by atoms with Crippen molar-refractivity contribution in [1.29, 1.82) is 0 Å². The Bertz CT molecular complexity index is 290. The average Bonchev–Trinajstić information content (AvgIpc) is 2.25. The molecule has 0 saturated heterocycles. The Hall–Kier alpha value is -1.13. The molecule has 1 atom stereocenters. The summed E-state index contributed by atoms with van der Waals surface area (Å²) in [5.74, 6) is 0.626. The van der Waals surface area contributed by atoms with Crippen molar-refractivity contribution in [2.75, 3.05) is 20.3 Å². The van der Waals surface area contributed by atoms with Gasteiger partial charge in [0.25, 0.3) is 0 Å². The maximum absolute atomic E-state index is 5.76. The quantitative estimate of drug-likeness (QED) is 0.723. The molecule has 0 bridgehead atoms. The van der Waals surface area contributed by atoms with Crippen LogP contribution in [-0.2, 0) is 4.74 Å². The molecule has 1 aromatic heterocycles. The predicted molar refractivity (Wildman–Crippen MR) is 58.8 cm³/mol. The molecule has 4 nitrogen and oxygen atoms in total. The lowest BCUT2D eigenvalue weighted by molar-refractivity contribution is 0.170. The van der Waals surface area contributed by atoms with E-state index in [4.69, 9.17) is 15.2 Å². The second-order valence-corrected chi connectivity index (χ2v) is 3.41. The smallest absolute Gasteiger partial charge is 0.213 e. The van der Waals surface area contributed by atoms with Gasteiger partial charge in [-0.1, -0.05) is 0 Å². The molecule has 0 aliphatic rings. The maximum Gasteiger partial charge on any atom is 0.213 e. The van der Waals surface area contributed by atoms with E-state index in [1.807, 2.05) is 19.1 Å². The van der Waals surface area contributed by atoms with Crippen molar-refractivity contribution in [2.45, 2.75) is 19.4 Å². The number of nitrogens with zero attached hydrogens (tertiary/aromatic N) is 1. The van der Waals surface area contributed by atoms with Crippen LogP contribution in [0.5, 0.6) is 5.88 Å². The van der Waals surface area contributed by atoms with Crippen molar-refractivity contribution in [3.63, 3.8) is 0 Å². The molecule has 4 heteroatoms. The third-order valence-corrected chi connectivity index (χ3v) is 2.03. The van der Waals surface area contributed by atoms with Crippen LogP contribution in [0.25, 0.3) is 0 Å². The second kappa shape index (κ2) is 6.37. The minimum atomic E-state index is 0.00863. The van der Waals surface area contributed by atoms with Gasteiger partial charge < -0.3 is 15.2 Å². The standard InChI is InChI=1S/C11H18N2O2/c1-9(12)10-4-5-13-11(8-10)15-7-3-6-14-2/h4-5,8-9H,3,6-7,12H2,1-2H3. The molecule has 0 saturated carbocycles. The highest BCUT2D eigenvalue weighted by Crippen LogP contribution is 2.14. The van der Waals surface area contributed by atoms with Crippen molar-refractivity contribution in [3.05, 3.63) is 23.9 Å². The van der Waals surface area contributed by atoms with E-state index in [2.05, 4.69) is 4.98 Å². The summed E-state index contributed by atoms with van der Waals surface area (Å²) in [6, 6.07) is 3.78. The van der Waals surface area contributed by atoms with Crippen molar-refractivity contribution < 1.29 is 9.47 Å². The summed E-state index contributed by atoms with van der Waals surface area (Å²) in [5, 5.41) is 0. The number of ether oxygens (including phenoxy) is 2. The van der Waals surface area contributed by atoms with Gasteiger partial charge in [-0.2, -0.15) is 0 Å². The van der Waals surface area contributed by atoms with Gasteiger partial charge in [-0.05, 0) is 18.6 Å². The molecule has 84 valence electrons. The van der Waals surface area contributed by atoms with Gasteiger partial charge in [0.15, 0.2) is 0 Å². The van der Waals surface area contributed by atoms with Gasteiger partial charge in [0, 0.05) is 38.4 Å². The number of methoxy groups -OCH3 is 1. The summed E-state index contributed by atoms with van der Waals surface area (Å²) in [6.45, 7) is 3.25. The van der Waals surface area contributed by atoms with E-state index in [9.17, 15) is 0 Å². The van der Waals surface area contributed by atoms with E-state index >= 15 is 0 Å². The number of pyridine rings is 1. The van der Waals surface area contributed by atoms with Crippen molar-refractivity contribution >= 4 is 0 Å². The highest BCUT2D eigenvalue weighted by atomic mass is 16.5. The fourth-order valence-electron chi connectivity index (χ4n) is 1.17. The summed E-state index contributed by atoms with van der Waals surface area (Å²) in [6.07, 6.45) is 2.57. The lowest BCUT2D eigenvalue weighted by Crippen LogP contribution is -2.07. The van der Waals surface area contributed by atoms with E-state index in [1.54, 1.807) is 13.3 Å². The number of aromatic nitrogens is 1. The Balaban J connectivity index is 2.43. The molecule has 0 fully saturated rings. The third kappa shape index (κ3) is 4.27. The largest absolute Gasteiger partial charge is 0.478 e. The van der Waals surface area contributed by atoms with E-state index in [1.165, 1.54) is 0 Å². The van der Waals surface area contributed by atoms with E-state index in [0.29, 0.717) is 19.1 Å². The number of hydrogen-bond acceptors (Lipinski definition) is 4. The summed E-state index contributed by atoms with van der Waals surface area (Å²) in [7, 11) is 1.68. The van der Waals surface area contributed by atoms with Crippen LogP contribution in [0.15, 0.2) is 18.3 Å². The Labute approximate surface area is 90.4 Å². The first kappa shape index (κ1) is 11.9. The lowest BCUT2D eigenvalue weighted by atomic mass is 10.1. The minimum absolute atomic E-state index is 0.00863. The van der Waals surface area contributed by atoms with Crippen molar-refractivity contribution in [3.8, 4) is 5.88 Å². The van der Waals surface area contributed by atoms with Gasteiger partial charge in [0.1, 0.15) is 0 Å². The zero-order valence-corrected chi connectivity index (χ0v) is 9.27. The van der Waals surface area contributed by atoms with Crippen molar-refractivity contribution in [2.24, 2.45) is 5.73 Å². The highest BCUT2D eigenvalue weighted by Gasteiger charge is 2.01. The van der Waals surface area contributed by atoms with E-state index in [-0.39, 0.29) is 6.04 Å². The molecule has 0 aromatic carbocycles. The normalized spacial score (nSPS) is 12.5. The Morgan fingerprint density at radius 1 is 1.47 bits per heavy atom. The SMILES string of the molecule is COCCCOc1cc(C(C)N)ccn1. The van der Waals surface area contributed by atoms with Crippen LogP contribution in [0.1, 0.15) is 24.9 Å². The molecular weight excluding hydrogens is 192 g/mol. The van der Waals surface area contributed by atoms with Crippen LogP contribution in [0.4, 0.5) is 0 Å². The van der Waals surface area contributed by atoms with Crippen molar-refractivity contribution in [1.82, 2.24) is 4.98 Å². The highest BCUT2D eigenvalue weighted by molar-refractivity contribution is 5.22. The molecule has 0 amide bonds. The Kier molecular flexibility index (Phi) is 5.07. The van der Waals surface area contributed by atoms with E-state index in [0.717, 1.165) is 12.0 Å². The summed E-state index contributed by atoms with van der Waals surface area (Å²) < 4.78 is 10.4. The van der Waals surface area contributed by atoms with Crippen LogP contribution < -0.4 is 10.5 Å². The fourth-order valence-corrected chi connectivity index (χ4v) is 1.17. The number of nitrogens with two attached hydrogens (primary N) is 1. The third-order valence-electron chi connectivity index (χ3n) is 2.03. The number of rotatable bonds is 6. The molecule has 0 aliphatic heterocycles. The fraction of sp³-hybridized carbons (Fsp3) is 0.545. The molecule has 1 rings (SSSR count). The first-order chi connectivity index (χ1) is 7.24. The van der Waals surface area contributed by atoms with Gasteiger partial charge >= 0.3 is 0 Å². The molecule has 0 aliphatic carbocycles. The second-order valence-electron chi connectivity index (χ2n) is 3.41. The average molecular weight is 210 g/mol. The topological polar surface area (TPSA) is 57.4 Å². The van der Waals surface area contributed by atoms with Gasteiger partial charge in [0.2, 0.25) is 5.88 Å². The Morgan fingerprint density at radius 2 is 2.27 bits per heavy atom. The lowest BCUT2D eigenvalue weighted by Gasteiger charge is -2.08. The van der Waals surface area contributed by atoms with Crippen LogP contribution in [0.3, 0.4) is 0 Å². The van der Waals surface area contributed by atoms with E-state index < -0.39 is 0 Å². The first-order valence-corrected chi connectivity index (χ1v) is 5.07. The van der Waals surface area contributed by atoms with Crippen LogP contribution in [0.2, 0.25) is 0 Å². The van der Waals surface area contributed by atoms with Gasteiger partial charge in [-0.25, -0.2) is 4.98 Å². The molecule has 15 heavy (non-hydrogen) atoms. The summed E-state index contributed by atoms with van der Waals surface area (Å²) >= 11 is 0. The Morgan fingerprint density at radius 3 is 2.93 bits per heavy atom. The maximum atomic E-state index is 5.76. The summed E-state index contributed by atoms with van der Waals surface area (Å²) in [5.41, 5.74) is 6.79. The molecule has 1 heterocycles. The van der Waals surface area contributed by atoms with Gasteiger partial charge in [-0.3, -0.25) is 0 Å². The number of hydrogen-bond donors (Lipinski definition) is 1. The summed E-state index contributed by atoms with van der Waals surface area (Å²) in [4.78, 5) is 4.10. The molecule has 1 aromatic rings. The molecule has 2 N–H and O–H groups in total. The molecule has 0 radical (unpaired) electrons.